The first-order valence-corrected chi connectivity index (χ1v) is 8.38. The Morgan fingerprint density at radius 3 is 2.28 bits per heavy atom. The number of rotatable bonds is 5. The number of hydrogen-bond acceptors (Lipinski definition) is 3. The van der Waals surface area contributed by atoms with E-state index in [9.17, 15) is 14.0 Å². The van der Waals surface area contributed by atoms with Crippen LogP contribution in [-0.4, -0.2) is 18.4 Å². The van der Waals surface area contributed by atoms with Gasteiger partial charge >= 0.3 is 0 Å². The number of hydrogen-bond donors (Lipinski definition) is 3. The zero-order valence-electron chi connectivity index (χ0n) is 14.2. The molecular weight excluding hydrogens is 389 g/mol. The van der Waals surface area contributed by atoms with Crippen LogP contribution in [0.5, 0.6) is 0 Å². The highest BCUT2D eigenvalue weighted by Gasteiger charge is 2.16. The van der Waals surface area contributed by atoms with E-state index < -0.39 is 11.7 Å². The summed E-state index contributed by atoms with van der Waals surface area (Å²) >= 11 is 3.15. The van der Waals surface area contributed by atoms with Crippen molar-refractivity contribution in [2.75, 3.05) is 17.2 Å². The summed E-state index contributed by atoms with van der Waals surface area (Å²) < 4.78 is 14.3. The smallest absolute Gasteiger partial charge is 0.253 e. The molecule has 0 saturated heterocycles. The Morgan fingerprint density at radius 1 is 1.12 bits per heavy atom. The van der Waals surface area contributed by atoms with Crippen LogP contribution < -0.4 is 16.4 Å². The highest BCUT2D eigenvalue weighted by Crippen LogP contribution is 2.25. The first kappa shape index (κ1) is 18.9. The third-order valence-corrected chi connectivity index (χ3v) is 4.14. The lowest BCUT2D eigenvalue weighted by atomic mass is 10.1. The molecule has 2 rings (SSSR count). The van der Waals surface area contributed by atoms with Crippen molar-refractivity contribution >= 4 is 39.1 Å². The zero-order valence-corrected chi connectivity index (χ0v) is 15.8. The number of anilines is 2. The molecular formula is C18H19BrFN3O2. The molecule has 2 aromatic rings. The van der Waals surface area contributed by atoms with Gasteiger partial charge in [-0.15, -0.1) is 0 Å². The number of carbonyl (C=O) groups excluding carboxylic acids is 2. The molecule has 25 heavy (non-hydrogen) atoms. The second-order valence-electron chi connectivity index (χ2n) is 5.85. The van der Waals surface area contributed by atoms with Gasteiger partial charge in [0.2, 0.25) is 5.91 Å². The van der Waals surface area contributed by atoms with Crippen molar-refractivity contribution in [2.45, 2.75) is 20.8 Å². The van der Waals surface area contributed by atoms with E-state index in [0.717, 1.165) is 28.4 Å². The zero-order chi connectivity index (χ0) is 18.7. The van der Waals surface area contributed by atoms with Crippen LogP contribution in [0, 0.1) is 26.6 Å². The fourth-order valence-corrected chi connectivity index (χ4v) is 3.13. The number of primary amides is 1. The quantitative estimate of drug-likeness (QED) is 0.706. The van der Waals surface area contributed by atoms with Gasteiger partial charge in [-0.3, -0.25) is 9.59 Å². The van der Waals surface area contributed by atoms with Crippen LogP contribution in [0.15, 0.2) is 28.7 Å². The highest BCUT2D eigenvalue weighted by atomic mass is 79.9. The molecule has 0 aliphatic heterocycles. The average Bonchev–Trinajstić information content (AvgIpc) is 2.47. The van der Waals surface area contributed by atoms with Crippen LogP contribution in [0.1, 0.15) is 27.0 Å². The Morgan fingerprint density at radius 2 is 1.72 bits per heavy atom. The van der Waals surface area contributed by atoms with Crippen LogP contribution >= 0.6 is 15.9 Å². The molecule has 5 nitrogen and oxygen atoms in total. The molecule has 2 amide bonds. The van der Waals surface area contributed by atoms with Crippen LogP contribution in [0.4, 0.5) is 15.8 Å². The van der Waals surface area contributed by atoms with Gasteiger partial charge < -0.3 is 16.4 Å². The van der Waals surface area contributed by atoms with Crippen molar-refractivity contribution in [1.29, 1.82) is 0 Å². The molecule has 0 radical (unpaired) electrons. The SMILES string of the molecule is Cc1cc(C)c(NC(=O)CNc2cc(Br)cc(F)c2C(N)=O)c(C)c1. The van der Waals surface area contributed by atoms with E-state index in [-0.39, 0.29) is 23.7 Å². The Kier molecular flexibility index (Phi) is 5.79. The van der Waals surface area contributed by atoms with E-state index in [2.05, 4.69) is 26.6 Å². The molecule has 0 fully saturated rings. The third kappa shape index (κ3) is 4.57. The summed E-state index contributed by atoms with van der Waals surface area (Å²) in [6.07, 6.45) is 0. The van der Waals surface area contributed by atoms with E-state index in [0.29, 0.717) is 4.47 Å². The van der Waals surface area contributed by atoms with Gasteiger partial charge in [0.05, 0.1) is 17.8 Å². The van der Waals surface area contributed by atoms with Crippen molar-refractivity contribution < 1.29 is 14.0 Å². The maximum atomic E-state index is 13.9. The fourth-order valence-electron chi connectivity index (χ4n) is 2.70. The minimum absolute atomic E-state index is 0.136. The molecule has 132 valence electrons. The molecule has 2 aromatic carbocycles. The summed E-state index contributed by atoms with van der Waals surface area (Å²) in [7, 11) is 0. The van der Waals surface area contributed by atoms with Gasteiger partial charge in [-0.2, -0.15) is 0 Å². The van der Waals surface area contributed by atoms with Crippen LogP contribution in [0.3, 0.4) is 0 Å². The molecule has 0 atom stereocenters. The van der Waals surface area contributed by atoms with Gasteiger partial charge in [-0.05, 0) is 44.0 Å². The van der Waals surface area contributed by atoms with E-state index in [1.807, 2.05) is 32.9 Å². The second-order valence-corrected chi connectivity index (χ2v) is 6.77. The summed E-state index contributed by atoms with van der Waals surface area (Å²) in [5.74, 6) is -1.97. The lowest BCUT2D eigenvalue weighted by molar-refractivity contribution is -0.114. The number of benzene rings is 2. The number of nitrogens with two attached hydrogens (primary N) is 1. The second kappa shape index (κ2) is 7.65. The van der Waals surface area contributed by atoms with Crippen LogP contribution in [0.25, 0.3) is 0 Å². The van der Waals surface area contributed by atoms with Gasteiger partial charge in [0, 0.05) is 10.2 Å². The van der Waals surface area contributed by atoms with Gasteiger partial charge in [0.15, 0.2) is 0 Å². The third-order valence-electron chi connectivity index (χ3n) is 3.68. The molecule has 0 spiro atoms. The van der Waals surface area contributed by atoms with Gasteiger partial charge in [-0.25, -0.2) is 4.39 Å². The van der Waals surface area contributed by atoms with Crippen LogP contribution in [0.2, 0.25) is 0 Å². The molecule has 0 aromatic heterocycles. The molecule has 7 heteroatoms. The van der Waals surface area contributed by atoms with Crippen molar-refractivity contribution in [3.63, 3.8) is 0 Å². The van der Waals surface area contributed by atoms with Gasteiger partial charge in [0.25, 0.3) is 5.91 Å². The lowest BCUT2D eigenvalue weighted by Crippen LogP contribution is -2.24. The van der Waals surface area contributed by atoms with Crippen molar-refractivity contribution in [3.8, 4) is 0 Å². The van der Waals surface area contributed by atoms with Gasteiger partial charge in [0.1, 0.15) is 5.82 Å². The molecule has 0 aliphatic rings. The predicted octanol–water partition coefficient (Wildman–Crippen LogP) is 3.66. The number of nitrogens with one attached hydrogen (secondary N) is 2. The minimum Gasteiger partial charge on any atom is -0.375 e. The minimum atomic E-state index is -0.905. The summed E-state index contributed by atoms with van der Waals surface area (Å²) in [6, 6.07) is 6.60. The van der Waals surface area contributed by atoms with Crippen LogP contribution in [-0.2, 0) is 4.79 Å². The highest BCUT2D eigenvalue weighted by molar-refractivity contribution is 9.10. The maximum absolute atomic E-state index is 13.9. The monoisotopic (exact) mass is 407 g/mol. The first-order chi connectivity index (χ1) is 11.7. The summed E-state index contributed by atoms with van der Waals surface area (Å²) in [5.41, 5.74) is 8.86. The molecule has 0 bridgehead atoms. The Balaban J connectivity index is 2.15. The van der Waals surface area contributed by atoms with E-state index in [4.69, 9.17) is 5.73 Å². The molecule has 4 N–H and O–H groups in total. The standard InChI is InChI=1S/C18H19BrFN3O2/c1-9-4-10(2)17(11(3)5-9)23-15(24)8-22-14-7-12(19)6-13(20)16(14)18(21)25/h4-7,22H,8H2,1-3H3,(H2,21,25)(H,23,24). The number of carbonyl (C=O) groups is 2. The molecule has 0 unspecified atom stereocenters. The normalized spacial score (nSPS) is 10.4. The molecule has 0 heterocycles. The fraction of sp³-hybridized carbons (Fsp3) is 0.222. The first-order valence-electron chi connectivity index (χ1n) is 7.59. The van der Waals surface area contributed by atoms with E-state index in [1.54, 1.807) is 0 Å². The Bertz CT molecular complexity index is 829. The van der Waals surface area contributed by atoms with Crippen molar-refractivity contribution in [1.82, 2.24) is 0 Å². The number of amides is 2. The molecule has 0 aliphatic carbocycles. The van der Waals surface area contributed by atoms with Crippen molar-refractivity contribution in [3.05, 3.63) is 56.8 Å². The number of halogens is 2. The topological polar surface area (TPSA) is 84.2 Å². The Labute approximate surface area is 153 Å². The predicted molar refractivity (Wildman–Crippen MR) is 100 cm³/mol. The average molecular weight is 408 g/mol. The number of aryl methyl sites for hydroxylation is 3. The molecule has 0 saturated carbocycles. The maximum Gasteiger partial charge on any atom is 0.253 e. The van der Waals surface area contributed by atoms with Gasteiger partial charge in [-0.1, -0.05) is 33.6 Å². The van der Waals surface area contributed by atoms with Crippen molar-refractivity contribution in [2.24, 2.45) is 5.73 Å². The Hall–Kier alpha value is -2.41. The summed E-state index contributed by atoms with van der Waals surface area (Å²) in [4.78, 5) is 23.7. The van der Waals surface area contributed by atoms with E-state index >= 15 is 0 Å². The largest absolute Gasteiger partial charge is 0.375 e. The summed E-state index contributed by atoms with van der Waals surface area (Å²) in [6.45, 7) is 5.68. The van der Waals surface area contributed by atoms with E-state index in [1.165, 1.54) is 6.07 Å². The summed E-state index contributed by atoms with van der Waals surface area (Å²) in [5, 5.41) is 5.59. The lowest BCUT2D eigenvalue weighted by Gasteiger charge is -2.15.